The van der Waals surface area contributed by atoms with Crippen molar-refractivity contribution in [1.82, 2.24) is 24.6 Å². The quantitative estimate of drug-likeness (QED) is 0.630. The number of halogens is 1. The summed E-state index contributed by atoms with van der Waals surface area (Å²) in [6, 6.07) is 3.34. The number of amides is 2. The fourth-order valence-corrected chi connectivity index (χ4v) is 3.68. The van der Waals surface area contributed by atoms with Crippen LogP contribution in [0, 0.1) is 6.92 Å². The first-order valence-corrected chi connectivity index (χ1v) is 10.1. The van der Waals surface area contributed by atoms with Gasteiger partial charge >= 0.3 is 0 Å². The van der Waals surface area contributed by atoms with Gasteiger partial charge in [0.1, 0.15) is 11.9 Å². The van der Waals surface area contributed by atoms with Gasteiger partial charge in [0.05, 0.1) is 30.0 Å². The molecule has 10 heteroatoms. The van der Waals surface area contributed by atoms with Gasteiger partial charge in [-0.1, -0.05) is 11.6 Å². The lowest BCUT2D eigenvalue weighted by atomic mass is 10.1. The van der Waals surface area contributed by atoms with Crippen LogP contribution >= 0.6 is 11.6 Å². The van der Waals surface area contributed by atoms with Gasteiger partial charge in [0.2, 0.25) is 0 Å². The van der Waals surface area contributed by atoms with Gasteiger partial charge in [0.15, 0.2) is 5.82 Å². The van der Waals surface area contributed by atoms with E-state index in [1.54, 1.807) is 34.2 Å². The van der Waals surface area contributed by atoms with E-state index in [4.69, 9.17) is 11.6 Å². The molecular weight excluding hydrogens is 420 g/mol. The second kappa shape index (κ2) is 8.09. The van der Waals surface area contributed by atoms with Gasteiger partial charge in [-0.3, -0.25) is 9.59 Å². The van der Waals surface area contributed by atoms with Gasteiger partial charge in [-0.15, -0.1) is 0 Å². The summed E-state index contributed by atoms with van der Waals surface area (Å²) >= 11 is 5.95. The van der Waals surface area contributed by atoms with Crippen LogP contribution in [0.5, 0.6) is 0 Å². The predicted molar refractivity (Wildman–Crippen MR) is 114 cm³/mol. The van der Waals surface area contributed by atoms with E-state index in [-0.39, 0.29) is 24.3 Å². The molecule has 0 saturated carbocycles. The highest BCUT2D eigenvalue weighted by Gasteiger charge is 2.34. The number of carbonyl (C=O) groups is 2. The molecule has 4 rings (SSSR count). The molecule has 0 saturated heterocycles. The maximum Gasteiger partial charge on any atom is 0.255 e. The third kappa shape index (κ3) is 3.89. The van der Waals surface area contributed by atoms with Crippen LogP contribution in [0.25, 0.3) is 5.82 Å². The van der Waals surface area contributed by atoms with Gasteiger partial charge in [-0.2, -0.15) is 5.10 Å². The number of carbonyl (C=O) groups excluding carboxylic acids is 2. The highest BCUT2D eigenvalue weighted by molar-refractivity contribution is 6.30. The second-order valence-corrected chi connectivity index (χ2v) is 7.91. The number of anilines is 1. The average molecular weight is 441 g/mol. The summed E-state index contributed by atoms with van der Waals surface area (Å²) in [5.74, 6) is 0.213. The summed E-state index contributed by atoms with van der Waals surface area (Å²) in [6.07, 6.45) is 5.23. The zero-order chi connectivity index (χ0) is 22.3. The monoisotopic (exact) mass is 440 g/mol. The summed E-state index contributed by atoms with van der Waals surface area (Å²) in [7, 11) is 0. The standard InChI is InChI=1S/C21H21ClN6O3/c1-11-6-14(7-24-19(11)28-9-15(22)8-25-28)12(2)27-10-17-16(21(27)31)4-5-23-18(17)26-20(30)13(3)29/h4-9,12-13,29H,10H2,1-3H3,(H,23,26,30)/t12?,13-/m1/s1. The molecule has 3 aromatic rings. The van der Waals surface area contributed by atoms with Gasteiger partial charge in [0, 0.05) is 23.5 Å². The van der Waals surface area contributed by atoms with Crippen LogP contribution in [0.15, 0.2) is 36.9 Å². The molecule has 1 aliphatic heterocycles. The topological polar surface area (TPSA) is 113 Å². The number of rotatable bonds is 5. The van der Waals surface area contributed by atoms with Crippen LogP contribution in [-0.4, -0.2) is 47.7 Å². The molecule has 0 bridgehead atoms. The Bertz CT molecular complexity index is 1180. The van der Waals surface area contributed by atoms with Gasteiger partial charge in [-0.05, 0) is 44.0 Å². The van der Waals surface area contributed by atoms with E-state index in [0.717, 1.165) is 11.1 Å². The zero-order valence-corrected chi connectivity index (χ0v) is 18.0. The first kappa shape index (κ1) is 21.0. The third-order valence-corrected chi connectivity index (χ3v) is 5.48. The molecular formula is C21H21ClN6O3. The van der Waals surface area contributed by atoms with E-state index in [9.17, 15) is 14.7 Å². The number of pyridine rings is 2. The molecule has 3 aromatic heterocycles. The highest BCUT2D eigenvalue weighted by Crippen LogP contribution is 2.34. The molecule has 2 amide bonds. The summed E-state index contributed by atoms with van der Waals surface area (Å²) in [5, 5.41) is 16.8. The largest absolute Gasteiger partial charge is 0.384 e. The minimum Gasteiger partial charge on any atom is -0.384 e. The van der Waals surface area contributed by atoms with Crippen LogP contribution in [-0.2, 0) is 11.3 Å². The molecule has 0 aliphatic carbocycles. The number of aliphatic hydroxyl groups excluding tert-OH is 1. The fraction of sp³-hybridized carbons (Fsp3) is 0.286. The van der Waals surface area contributed by atoms with Crippen LogP contribution in [0.4, 0.5) is 5.82 Å². The molecule has 2 atom stereocenters. The van der Waals surface area contributed by atoms with Crippen molar-refractivity contribution in [1.29, 1.82) is 0 Å². The Morgan fingerprint density at radius 2 is 2.06 bits per heavy atom. The van der Waals surface area contributed by atoms with E-state index in [0.29, 0.717) is 22.0 Å². The lowest BCUT2D eigenvalue weighted by molar-refractivity contribution is -0.123. The lowest BCUT2D eigenvalue weighted by Gasteiger charge is -2.25. The zero-order valence-electron chi connectivity index (χ0n) is 17.2. The lowest BCUT2D eigenvalue weighted by Crippen LogP contribution is -2.28. The number of aliphatic hydroxyl groups is 1. The average Bonchev–Trinajstić information content (AvgIpc) is 3.31. The smallest absolute Gasteiger partial charge is 0.255 e. The summed E-state index contributed by atoms with van der Waals surface area (Å²) in [4.78, 5) is 35.3. The van der Waals surface area contributed by atoms with Gasteiger partial charge in [0.25, 0.3) is 11.8 Å². The Morgan fingerprint density at radius 1 is 1.29 bits per heavy atom. The van der Waals surface area contributed by atoms with Crippen molar-refractivity contribution in [2.45, 2.75) is 39.5 Å². The van der Waals surface area contributed by atoms with Gasteiger partial charge < -0.3 is 15.3 Å². The molecule has 160 valence electrons. The van der Waals surface area contributed by atoms with Crippen LogP contribution in [0.1, 0.15) is 46.9 Å². The fourth-order valence-electron chi connectivity index (χ4n) is 3.55. The summed E-state index contributed by atoms with van der Waals surface area (Å²) < 4.78 is 1.60. The number of hydrogen-bond acceptors (Lipinski definition) is 6. The van der Waals surface area contributed by atoms with Crippen LogP contribution in [0.3, 0.4) is 0 Å². The van der Waals surface area contributed by atoms with E-state index >= 15 is 0 Å². The Morgan fingerprint density at radius 3 is 2.71 bits per heavy atom. The highest BCUT2D eigenvalue weighted by atomic mass is 35.5. The Balaban J connectivity index is 1.59. The van der Waals surface area contributed by atoms with Crippen molar-refractivity contribution in [2.75, 3.05) is 5.32 Å². The number of nitrogens with one attached hydrogen (secondary N) is 1. The van der Waals surface area contributed by atoms with Crippen molar-refractivity contribution >= 4 is 29.2 Å². The minimum absolute atomic E-state index is 0.155. The molecule has 0 aromatic carbocycles. The molecule has 0 spiro atoms. The van der Waals surface area contributed by atoms with E-state index in [1.165, 1.54) is 13.1 Å². The molecule has 31 heavy (non-hydrogen) atoms. The first-order chi connectivity index (χ1) is 14.8. The molecule has 4 heterocycles. The van der Waals surface area contributed by atoms with Crippen molar-refractivity contribution in [3.63, 3.8) is 0 Å². The molecule has 1 aliphatic rings. The van der Waals surface area contributed by atoms with E-state index in [2.05, 4.69) is 20.4 Å². The number of aryl methyl sites for hydroxylation is 1. The number of nitrogens with zero attached hydrogens (tertiary/aromatic N) is 5. The summed E-state index contributed by atoms with van der Waals surface area (Å²) in [5.41, 5.74) is 2.86. The SMILES string of the molecule is Cc1cc(C(C)N2Cc3c(ccnc3NC(=O)[C@@H](C)O)C2=O)cnc1-n1cc(Cl)cn1. The maximum atomic E-state index is 13.0. The molecule has 1 unspecified atom stereocenters. The number of aromatic nitrogens is 4. The Kier molecular flexibility index (Phi) is 5.47. The van der Waals surface area contributed by atoms with Gasteiger partial charge in [-0.25, -0.2) is 14.6 Å². The minimum atomic E-state index is -1.18. The number of fused-ring (bicyclic) bond motifs is 1. The maximum absolute atomic E-state index is 13.0. The molecule has 0 radical (unpaired) electrons. The molecule has 0 fully saturated rings. The summed E-state index contributed by atoms with van der Waals surface area (Å²) in [6.45, 7) is 5.50. The Hall–Kier alpha value is -3.30. The van der Waals surface area contributed by atoms with Crippen molar-refractivity contribution < 1.29 is 14.7 Å². The molecule has 2 N–H and O–H groups in total. The van der Waals surface area contributed by atoms with Crippen LogP contribution in [0.2, 0.25) is 5.02 Å². The van der Waals surface area contributed by atoms with Crippen molar-refractivity contribution in [3.05, 3.63) is 64.2 Å². The Labute approximate surface area is 183 Å². The van der Waals surface area contributed by atoms with Crippen molar-refractivity contribution in [3.8, 4) is 5.82 Å². The third-order valence-electron chi connectivity index (χ3n) is 5.29. The molecule has 9 nitrogen and oxygen atoms in total. The second-order valence-electron chi connectivity index (χ2n) is 7.47. The van der Waals surface area contributed by atoms with E-state index in [1.807, 2.05) is 19.9 Å². The predicted octanol–water partition coefficient (Wildman–Crippen LogP) is 2.66. The van der Waals surface area contributed by atoms with Crippen LogP contribution < -0.4 is 5.32 Å². The first-order valence-electron chi connectivity index (χ1n) is 9.71. The van der Waals surface area contributed by atoms with Crippen molar-refractivity contribution in [2.24, 2.45) is 0 Å². The normalized spacial score (nSPS) is 15.0. The van der Waals surface area contributed by atoms with E-state index < -0.39 is 12.0 Å². The number of hydrogen-bond donors (Lipinski definition) is 2.